The summed E-state index contributed by atoms with van der Waals surface area (Å²) in [5.41, 5.74) is 11.1. The predicted molar refractivity (Wildman–Crippen MR) is 107 cm³/mol. The van der Waals surface area contributed by atoms with Gasteiger partial charge in [0.2, 0.25) is 0 Å². The maximum atomic E-state index is 2.30. The molecular weight excluding hydrogens is 312 g/mol. The molecule has 0 heterocycles. The second-order valence-electron chi connectivity index (χ2n) is 7.11. The molecule has 0 aliphatic heterocycles. The van der Waals surface area contributed by atoms with E-state index in [1.165, 1.54) is 50.4 Å². The number of benzene rings is 4. The van der Waals surface area contributed by atoms with Crippen LogP contribution in [-0.4, -0.2) is 0 Å². The highest BCUT2D eigenvalue weighted by molar-refractivity contribution is 5.89. The van der Waals surface area contributed by atoms with Crippen molar-refractivity contribution in [2.75, 3.05) is 0 Å². The van der Waals surface area contributed by atoms with Crippen LogP contribution in [-0.2, 0) is 0 Å². The molecule has 0 amide bonds. The molecule has 4 aromatic rings. The topological polar surface area (TPSA) is 0 Å². The average molecular weight is 329 g/mol. The Morgan fingerprint density at radius 1 is 0.346 bits per heavy atom. The summed E-state index contributed by atoms with van der Waals surface area (Å²) in [6.07, 6.45) is 0. The van der Waals surface area contributed by atoms with E-state index < -0.39 is 0 Å². The van der Waals surface area contributed by atoms with Gasteiger partial charge in [-0.3, -0.25) is 0 Å². The van der Waals surface area contributed by atoms with Gasteiger partial charge in [0.05, 0.1) is 0 Å². The Bertz CT molecular complexity index is 968. The summed E-state index contributed by atoms with van der Waals surface area (Å²) in [5.74, 6) is 1.75. The molecule has 121 valence electrons. The molecule has 2 aliphatic rings. The summed E-state index contributed by atoms with van der Waals surface area (Å²) in [5, 5.41) is 0. The molecular formula is C26H17. The van der Waals surface area contributed by atoms with E-state index in [4.69, 9.17) is 0 Å². The van der Waals surface area contributed by atoms with E-state index in [9.17, 15) is 0 Å². The van der Waals surface area contributed by atoms with Gasteiger partial charge in [-0.05, 0) is 44.5 Å². The summed E-state index contributed by atoms with van der Waals surface area (Å²) in [4.78, 5) is 0. The van der Waals surface area contributed by atoms with Crippen LogP contribution < -0.4 is 0 Å². The second kappa shape index (κ2) is 5.19. The highest BCUT2D eigenvalue weighted by Gasteiger charge is 2.40. The van der Waals surface area contributed by atoms with Crippen LogP contribution in [0.15, 0.2) is 97.1 Å². The van der Waals surface area contributed by atoms with E-state index >= 15 is 0 Å². The fourth-order valence-electron chi connectivity index (χ4n) is 4.83. The number of rotatable bonds is 1. The predicted octanol–water partition coefficient (Wildman–Crippen LogP) is 6.45. The number of fused-ring (bicyclic) bond motifs is 6. The molecule has 0 unspecified atom stereocenters. The molecule has 0 saturated heterocycles. The summed E-state index contributed by atoms with van der Waals surface area (Å²) in [6, 6.07) is 35.5. The van der Waals surface area contributed by atoms with E-state index in [0.717, 1.165) is 0 Å². The first-order valence-electron chi connectivity index (χ1n) is 9.18. The van der Waals surface area contributed by atoms with Crippen LogP contribution in [0.3, 0.4) is 0 Å². The fraction of sp³-hybridized carbons (Fsp3) is 0.0385. The van der Waals surface area contributed by atoms with Crippen LogP contribution in [0.1, 0.15) is 28.2 Å². The molecule has 1 radical (unpaired) electrons. The molecule has 2 aliphatic carbocycles. The maximum Gasteiger partial charge on any atom is 0.0471 e. The van der Waals surface area contributed by atoms with Gasteiger partial charge in [-0.2, -0.15) is 0 Å². The van der Waals surface area contributed by atoms with Crippen molar-refractivity contribution in [3.05, 3.63) is 125 Å². The summed E-state index contributed by atoms with van der Waals surface area (Å²) in [7, 11) is 0. The van der Waals surface area contributed by atoms with Crippen LogP contribution >= 0.6 is 0 Å². The lowest BCUT2D eigenvalue weighted by molar-refractivity contribution is 0.909. The average Bonchev–Trinajstić information content (AvgIpc) is 3.21. The SMILES string of the molecule is c1ccc2c(c1)[C](C1c3ccccc3-c3ccccc31)c1ccccc1-2. The van der Waals surface area contributed by atoms with Gasteiger partial charge in [0.15, 0.2) is 0 Å². The number of hydrogen-bond donors (Lipinski definition) is 0. The van der Waals surface area contributed by atoms with Crippen LogP contribution in [0.25, 0.3) is 22.3 Å². The van der Waals surface area contributed by atoms with Gasteiger partial charge < -0.3 is 0 Å². The molecule has 0 nitrogen and oxygen atoms in total. The van der Waals surface area contributed by atoms with Gasteiger partial charge in [0, 0.05) is 11.8 Å². The van der Waals surface area contributed by atoms with Crippen molar-refractivity contribution in [2.45, 2.75) is 5.92 Å². The Morgan fingerprint density at radius 2 is 0.692 bits per heavy atom. The zero-order valence-electron chi connectivity index (χ0n) is 14.3. The molecule has 0 aromatic heterocycles. The smallest absolute Gasteiger partial charge is 0.0471 e. The zero-order chi connectivity index (χ0) is 17.1. The largest absolute Gasteiger partial charge is 0.0619 e. The van der Waals surface area contributed by atoms with Crippen molar-refractivity contribution in [2.24, 2.45) is 0 Å². The van der Waals surface area contributed by atoms with Crippen molar-refractivity contribution >= 4 is 0 Å². The van der Waals surface area contributed by atoms with Gasteiger partial charge in [-0.15, -0.1) is 0 Å². The number of hydrogen-bond acceptors (Lipinski definition) is 0. The van der Waals surface area contributed by atoms with Crippen LogP contribution in [0.2, 0.25) is 0 Å². The Balaban J connectivity index is 1.67. The summed E-state index contributed by atoms with van der Waals surface area (Å²) in [6.45, 7) is 0. The Kier molecular flexibility index (Phi) is 2.81. The van der Waals surface area contributed by atoms with E-state index in [1.807, 2.05) is 0 Å². The zero-order valence-corrected chi connectivity index (χ0v) is 14.3. The van der Waals surface area contributed by atoms with Gasteiger partial charge >= 0.3 is 0 Å². The van der Waals surface area contributed by atoms with Crippen LogP contribution in [0.5, 0.6) is 0 Å². The highest BCUT2D eigenvalue weighted by atomic mass is 14.4. The molecule has 4 aromatic carbocycles. The monoisotopic (exact) mass is 329 g/mol. The third kappa shape index (κ3) is 1.74. The van der Waals surface area contributed by atoms with E-state index in [1.54, 1.807) is 0 Å². The molecule has 0 fully saturated rings. The van der Waals surface area contributed by atoms with Gasteiger partial charge in [0.1, 0.15) is 0 Å². The summed E-state index contributed by atoms with van der Waals surface area (Å²) < 4.78 is 0. The highest BCUT2D eigenvalue weighted by Crippen LogP contribution is 2.57. The maximum absolute atomic E-state index is 2.30. The van der Waals surface area contributed by atoms with Crippen molar-refractivity contribution in [1.82, 2.24) is 0 Å². The van der Waals surface area contributed by atoms with Gasteiger partial charge in [0.25, 0.3) is 0 Å². The lowest BCUT2D eigenvalue weighted by Crippen LogP contribution is -2.10. The lowest BCUT2D eigenvalue weighted by Gasteiger charge is -2.23. The Labute approximate surface area is 153 Å². The molecule has 0 atom stereocenters. The lowest BCUT2D eigenvalue weighted by atomic mass is 9.78. The minimum atomic E-state index is 0.298. The first kappa shape index (κ1) is 14.1. The van der Waals surface area contributed by atoms with Crippen molar-refractivity contribution in [1.29, 1.82) is 0 Å². The molecule has 0 heteroatoms. The van der Waals surface area contributed by atoms with Crippen molar-refractivity contribution < 1.29 is 0 Å². The van der Waals surface area contributed by atoms with Gasteiger partial charge in [-0.1, -0.05) is 97.1 Å². The molecule has 6 rings (SSSR count). The molecule has 0 bridgehead atoms. The first-order valence-corrected chi connectivity index (χ1v) is 9.18. The van der Waals surface area contributed by atoms with Crippen LogP contribution in [0.4, 0.5) is 0 Å². The fourth-order valence-corrected chi connectivity index (χ4v) is 4.83. The van der Waals surface area contributed by atoms with E-state index in [2.05, 4.69) is 97.1 Å². The Hall–Kier alpha value is -3.12. The molecule has 0 spiro atoms. The molecule has 26 heavy (non-hydrogen) atoms. The van der Waals surface area contributed by atoms with Crippen LogP contribution in [0, 0.1) is 5.92 Å². The standard InChI is InChI=1S/C26H17/c1-5-13-21-17(9-1)18-10-2-6-14-22(18)25(21)26-23-15-7-3-11-19(23)20-12-4-8-16-24(20)26/h1-16,25H. The third-order valence-electron chi connectivity index (χ3n) is 5.85. The minimum Gasteiger partial charge on any atom is -0.0619 e. The second-order valence-corrected chi connectivity index (χ2v) is 7.11. The first-order chi connectivity index (χ1) is 12.9. The minimum absolute atomic E-state index is 0.298. The Morgan fingerprint density at radius 3 is 1.15 bits per heavy atom. The molecule has 0 saturated carbocycles. The van der Waals surface area contributed by atoms with Crippen molar-refractivity contribution in [3.63, 3.8) is 0 Å². The van der Waals surface area contributed by atoms with E-state index in [-0.39, 0.29) is 0 Å². The third-order valence-corrected chi connectivity index (χ3v) is 5.85. The molecule has 0 N–H and O–H groups in total. The summed E-state index contributed by atoms with van der Waals surface area (Å²) >= 11 is 0. The quantitative estimate of drug-likeness (QED) is 0.376. The normalized spacial score (nSPS) is 14.6. The van der Waals surface area contributed by atoms with E-state index in [0.29, 0.717) is 5.92 Å². The van der Waals surface area contributed by atoms with Gasteiger partial charge in [-0.25, -0.2) is 0 Å². The van der Waals surface area contributed by atoms with Crippen molar-refractivity contribution in [3.8, 4) is 22.3 Å².